The summed E-state index contributed by atoms with van der Waals surface area (Å²) in [4.78, 5) is 0. The maximum Gasteiger partial charge on any atom is 0.131 e. The average molecular weight is 203 g/mol. The molecule has 0 nitrogen and oxygen atoms in total. The predicted molar refractivity (Wildman–Crippen MR) is 55.4 cm³/mol. The molecule has 0 saturated carbocycles. The number of hydrogen-bond donors (Lipinski definition) is 0. The molecule has 2 rings (SSSR count). The van der Waals surface area contributed by atoms with Crippen molar-refractivity contribution in [3.63, 3.8) is 0 Å². The van der Waals surface area contributed by atoms with E-state index in [2.05, 4.69) is 6.07 Å². The Balaban J connectivity index is 2.64. The maximum absolute atomic E-state index is 13.4. The summed E-state index contributed by atoms with van der Waals surface area (Å²) in [6.45, 7) is 1.84. The van der Waals surface area contributed by atoms with E-state index in [1.165, 1.54) is 6.07 Å². The quantitative estimate of drug-likeness (QED) is 0.662. The van der Waals surface area contributed by atoms with Gasteiger partial charge in [-0.2, -0.15) is 0 Å². The van der Waals surface area contributed by atoms with Gasteiger partial charge in [-0.3, -0.25) is 0 Å². The number of halogens is 2. The Bertz CT molecular complexity index is 490. The largest absolute Gasteiger partial charge is 0.207 e. The molecule has 0 aliphatic rings. The van der Waals surface area contributed by atoms with Crippen LogP contribution in [0, 0.1) is 24.6 Å². The second-order valence-electron chi connectivity index (χ2n) is 3.35. The summed E-state index contributed by atoms with van der Waals surface area (Å²) in [5.74, 6) is -0.870. The first kappa shape index (κ1) is 9.84. The normalized spacial score (nSPS) is 10.3. The van der Waals surface area contributed by atoms with Crippen LogP contribution in [0.2, 0.25) is 0 Å². The molecule has 1 radical (unpaired) electrons. The molecule has 0 spiro atoms. The molecule has 0 fully saturated rings. The van der Waals surface area contributed by atoms with E-state index in [9.17, 15) is 8.78 Å². The molecule has 0 bridgehead atoms. The second kappa shape index (κ2) is 3.81. The summed E-state index contributed by atoms with van der Waals surface area (Å²) >= 11 is 0. The standard InChI is InChI=1S/C13H9F2/c1-9-4-2-3-5-11(9)12-8-10(14)6-7-13(12)15/h2-4,6-8H,1H3. The third-order valence-electron chi connectivity index (χ3n) is 2.26. The molecule has 2 aromatic rings. The van der Waals surface area contributed by atoms with Gasteiger partial charge < -0.3 is 0 Å². The Kier molecular flexibility index (Phi) is 2.50. The van der Waals surface area contributed by atoms with Gasteiger partial charge in [-0.1, -0.05) is 18.2 Å². The van der Waals surface area contributed by atoms with Crippen LogP contribution in [0.15, 0.2) is 36.4 Å². The maximum atomic E-state index is 13.4. The highest BCUT2D eigenvalue weighted by Crippen LogP contribution is 2.25. The van der Waals surface area contributed by atoms with Crippen molar-refractivity contribution >= 4 is 0 Å². The SMILES string of the molecule is Cc1ccc[c]c1-c1cc(F)ccc1F. The molecule has 0 unspecified atom stereocenters. The van der Waals surface area contributed by atoms with Gasteiger partial charge >= 0.3 is 0 Å². The molecule has 0 N–H and O–H groups in total. The molecule has 75 valence electrons. The Hall–Kier alpha value is -1.70. The number of benzene rings is 2. The van der Waals surface area contributed by atoms with E-state index in [1.54, 1.807) is 6.07 Å². The van der Waals surface area contributed by atoms with Crippen molar-refractivity contribution in [2.45, 2.75) is 6.92 Å². The number of aryl methyl sites for hydroxylation is 1. The molecular formula is C13H9F2. The van der Waals surface area contributed by atoms with Crippen molar-refractivity contribution in [3.05, 3.63) is 59.7 Å². The fourth-order valence-corrected chi connectivity index (χ4v) is 1.50. The van der Waals surface area contributed by atoms with Gasteiger partial charge in [0.15, 0.2) is 0 Å². The topological polar surface area (TPSA) is 0 Å². The molecule has 2 aromatic carbocycles. The molecule has 0 heterocycles. The summed E-state index contributed by atoms with van der Waals surface area (Å²) in [6.07, 6.45) is 0. The van der Waals surface area contributed by atoms with E-state index in [4.69, 9.17) is 0 Å². The van der Waals surface area contributed by atoms with Gasteiger partial charge in [-0.25, -0.2) is 8.78 Å². The lowest BCUT2D eigenvalue weighted by atomic mass is 10.0. The highest BCUT2D eigenvalue weighted by molar-refractivity contribution is 5.66. The van der Waals surface area contributed by atoms with E-state index in [-0.39, 0.29) is 5.56 Å². The first-order valence-corrected chi connectivity index (χ1v) is 4.61. The molecule has 0 aromatic heterocycles. The first-order chi connectivity index (χ1) is 7.18. The summed E-state index contributed by atoms with van der Waals surface area (Å²) in [5.41, 5.74) is 1.74. The van der Waals surface area contributed by atoms with Crippen LogP contribution in [0.25, 0.3) is 11.1 Å². The Morgan fingerprint density at radius 2 is 1.93 bits per heavy atom. The minimum Gasteiger partial charge on any atom is -0.207 e. The van der Waals surface area contributed by atoms with Crippen LogP contribution in [0.5, 0.6) is 0 Å². The molecular weight excluding hydrogens is 194 g/mol. The minimum atomic E-state index is -0.442. The van der Waals surface area contributed by atoms with Crippen molar-refractivity contribution in [1.29, 1.82) is 0 Å². The molecule has 0 aliphatic heterocycles. The van der Waals surface area contributed by atoms with Crippen molar-refractivity contribution < 1.29 is 8.78 Å². The van der Waals surface area contributed by atoms with E-state index < -0.39 is 11.6 Å². The molecule has 2 heteroatoms. The summed E-state index contributed by atoms with van der Waals surface area (Å²) in [5, 5.41) is 0. The fraction of sp³-hybridized carbons (Fsp3) is 0.0769. The Morgan fingerprint density at radius 3 is 2.67 bits per heavy atom. The molecule has 0 amide bonds. The van der Waals surface area contributed by atoms with Gasteiger partial charge in [0, 0.05) is 5.56 Å². The van der Waals surface area contributed by atoms with Crippen molar-refractivity contribution in [1.82, 2.24) is 0 Å². The zero-order valence-corrected chi connectivity index (χ0v) is 8.22. The van der Waals surface area contributed by atoms with Crippen LogP contribution in [0.4, 0.5) is 8.78 Å². The zero-order valence-electron chi connectivity index (χ0n) is 8.22. The van der Waals surface area contributed by atoms with Crippen LogP contribution in [0.3, 0.4) is 0 Å². The van der Waals surface area contributed by atoms with Crippen molar-refractivity contribution in [2.24, 2.45) is 0 Å². The van der Waals surface area contributed by atoms with Crippen LogP contribution >= 0.6 is 0 Å². The van der Waals surface area contributed by atoms with E-state index >= 15 is 0 Å². The van der Waals surface area contributed by atoms with Gasteiger partial charge in [-0.05, 0) is 42.3 Å². The van der Waals surface area contributed by atoms with E-state index in [0.29, 0.717) is 5.56 Å². The Morgan fingerprint density at radius 1 is 1.13 bits per heavy atom. The van der Waals surface area contributed by atoms with Gasteiger partial charge in [0.25, 0.3) is 0 Å². The summed E-state index contributed by atoms with van der Waals surface area (Å²) < 4.78 is 26.4. The number of rotatable bonds is 1. The minimum absolute atomic E-state index is 0.258. The molecule has 0 saturated heterocycles. The molecule has 0 atom stereocenters. The fourth-order valence-electron chi connectivity index (χ4n) is 1.50. The van der Waals surface area contributed by atoms with Crippen LogP contribution in [-0.2, 0) is 0 Å². The highest BCUT2D eigenvalue weighted by atomic mass is 19.1. The average Bonchev–Trinajstić information content (AvgIpc) is 2.23. The summed E-state index contributed by atoms with van der Waals surface area (Å²) in [7, 11) is 0. The van der Waals surface area contributed by atoms with Crippen LogP contribution in [-0.4, -0.2) is 0 Å². The van der Waals surface area contributed by atoms with Gasteiger partial charge in [0.2, 0.25) is 0 Å². The van der Waals surface area contributed by atoms with Crippen LogP contribution in [0.1, 0.15) is 5.56 Å². The third kappa shape index (κ3) is 1.89. The smallest absolute Gasteiger partial charge is 0.131 e. The molecule has 0 aliphatic carbocycles. The van der Waals surface area contributed by atoms with Gasteiger partial charge in [-0.15, -0.1) is 0 Å². The van der Waals surface area contributed by atoms with Crippen LogP contribution < -0.4 is 0 Å². The third-order valence-corrected chi connectivity index (χ3v) is 2.26. The van der Waals surface area contributed by atoms with Gasteiger partial charge in [0.05, 0.1) is 0 Å². The zero-order chi connectivity index (χ0) is 10.8. The van der Waals surface area contributed by atoms with Crippen molar-refractivity contribution in [2.75, 3.05) is 0 Å². The van der Waals surface area contributed by atoms with E-state index in [0.717, 1.165) is 17.7 Å². The number of hydrogen-bond acceptors (Lipinski definition) is 0. The van der Waals surface area contributed by atoms with Gasteiger partial charge in [0.1, 0.15) is 11.6 Å². The summed E-state index contributed by atoms with van der Waals surface area (Å²) in [6, 6.07) is 11.7. The second-order valence-corrected chi connectivity index (χ2v) is 3.35. The lowest BCUT2D eigenvalue weighted by molar-refractivity contribution is 0.603. The monoisotopic (exact) mass is 203 g/mol. The predicted octanol–water partition coefficient (Wildman–Crippen LogP) is 3.74. The Labute approximate surface area is 87.2 Å². The van der Waals surface area contributed by atoms with E-state index in [1.807, 2.05) is 19.1 Å². The highest BCUT2D eigenvalue weighted by Gasteiger charge is 2.08. The molecule has 15 heavy (non-hydrogen) atoms. The lowest BCUT2D eigenvalue weighted by Gasteiger charge is -2.06. The van der Waals surface area contributed by atoms with Crippen molar-refractivity contribution in [3.8, 4) is 11.1 Å². The first-order valence-electron chi connectivity index (χ1n) is 4.61. The lowest BCUT2D eigenvalue weighted by Crippen LogP contribution is -1.89.